The Balaban J connectivity index is 2.72. The summed E-state index contributed by atoms with van der Waals surface area (Å²) < 4.78 is 2.45. The molecule has 0 bridgehead atoms. The van der Waals surface area contributed by atoms with Gasteiger partial charge in [-0.15, -0.1) is 0 Å². The second kappa shape index (κ2) is 5.00. The van der Waals surface area contributed by atoms with E-state index in [9.17, 15) is 0 Å². The van der Waals surface area contributed by atoms with E-state index in [2.05, 4.69) is 63.6 Å². The predicted molar refractivity (Wildman–Crippen MR) is 85.1 cm³/mol. The molecular weight excluding hydrogens is 238 g/mol. The summed E-state index contributed by atoms with van der Waals surface area (Å²) in [6.45, 7) is 9.28. The molecule has 2 aromatic rings. The van der Waals surface area contributed by atoms with Gasteiger partial charge in [0.1, 0.15) is 0 Å². The van der Waals surface area contributed by atoms with Crippen LogP contribution in [0.25, 0.3) is 10.9 Å². The SMILES string of the molecule is CCS(CC)(CC)c1cc2cccc(C)c2n1C. The topological polar surface area (TPSA) is 4.93 Å². The molecule has 1 nitrogen and oxygen atoms in total. The molecular formula is C16H25NS. The van der Waals surface area contributed by atoms with Gasteiger partial charge in [-0.05, 0) is 35.8 Å². The summed E-state index contributed by atoms with van der Waals surface area (Å²) in [6.07, 6.45) is 0. The van der Waals surface area contributed by atoms with Crippen molar-refractivity contribution in [3.05, 3.63) is 29.8 Å². The van der Waals surface area contributed by atoms with Crippen LogP contribution in [0.15, 0.2) is 29.3 Å². The van der Waals surface area contributed by atoms with Crippen LogP contribution in [0.3, 0.4) is 0 Å². The molecule has 0 unspecified atom stereocenters. The maximum atomic E-state index is 2.45. The van der Waals surface area contributed by atoms with Crippen molar-refractivity contribution in [2.45, 2.75) is 32.7 Å². The zero-order valence-electron chi connectivity index (χ0n) is 12.3. The second-order valence-electron chi connectivity index (χ2n) is 4.97. The monoisotopic (exact) mass is 263 g/mol. The molecule has 0 atom stereocenters. The average Bonchev–Trinajstić information content (AvgIpc) is 2.72. The highest BCUT2D eigenvalue weighted by Gasteiger charge is 2.24. The fourth-order valence-corrected chi connectivity index (χ4v) is 6.23. The second-order valence-corrected chi connectivity index (χ2v) is 9.21. The van der Waals surface area contributed by atoms with E-state index in [1.54, 1.807) is 5.03 Å². The van der Waals surface area contributed by atoms with Crippen LogP contribution in [0.5, 0.6) is 0 Å². The summed E-state index contributed by atoms with van der Waals surface area (Å²) in [6, 6.07) is 9.07. The van der Waals surface area contributed by atoms with Crippen LogP contribution in [-0.2, 0) is 7.05 Å². The van der Waals surface area contributed by atoms with Crippen molar-refractivity contribution >= 4 is 20.9 Å². The Hall–Kier alpha value is -0.890. The Morgan fingerprint density at radius 2 is 1.67 bits per heavy atom. The van der Waals surface area contributed by atoms with E-state index >= 15 is 0 Å². The third kappa shape index (κ3) is 1.87. The van der Waals surface area contributed by atoms with Crippen LogP contribution in [0, 0.1) is 6.92 Å². The molecule has 0 aliphatic carbocycles. The Morgan fingerprint density at radius 3 is 2.17 bits per heavy atom. The Labute approximate surface area is 113 Å². The lowest BCUT2D eigenvalue weighted by molar-refractivity contribution is 0.849. The number of benzene rings is 1. The van der Waals surface area contributed by atoms with Gasteiger partial charge in [0.2, 0.25) is 0 Å². The van der Waals surface area contributed by atoms with E-state index < -0.39 is 10.0 Å². The number of hydrogen-bond acceptors (Lipinski definition) is 0. The lowest BCUT2D eigenvalue weighted by Gasteiger charge is -2.37. The summed E-state index contributed by atoms with van der Waals surface area (Å²) in [7, 11) is 1.61. The summed E-state index contributed by atoms with van der Waals surface area (Å²) in [5.74, 6) is 3.88. The molecule has 0 N–H and O–H groups in total. The van der Waals surface area contributed by atoms with Gasteiger partial charge in [-0.1, -0.05) is 39.0 Å². The predicted octanol–water partition coefficient (Wildman–Crippen LogP) is 4.71. The molecule has 2 rings (SSSR count). The molecule has 1 aromatic carbocycles. The minimum atomic E-state index is -0.635. The molecule has 18 heavy (non-hydrogen) atoms. The first-order valence-electron chi connectivity index (χ1n) is 6.91. The van der Waals surface area contributed by atoms with Crippen molar-refractivity contribution in [2.75, 3.05) is 17.3 Å². The first-order valence-corrected chi connectivity index (χ1v) is 9.05. The number of aromatic nitrogens is 1. The first-order chi connectivity index (χ1) is 8.59. The van der Waals surface area contributed by atoms with Crippen LogP contribution in [0.1, 0.15) is 26.3 Å². The molecule has 1 aromatic heterocycles. The van der Waals surface area contributed by atoms with Crippen LogP contribution in [0.2, 0.25) is 0 Å². The molecule has 1 heterocycles. The Bertz CT molecular complexity index is 541. The van der Waals surface area contributed by atoms with Gasteiger partial charge < -0.3 is 4.57 Å². The van der Waals surface area contributed by atoms with Crippen LogP contribution >= 0.6 is 10.0 Å². The first kappa shape index (κ1) is 13.5. The lowest BCUT2D eigenvalue weighted by Crippen LogP contribution is -2.13. The highest BCUT2D eigenvalue weighted by atomic mass is 32.3. The molecule has 2 heteroatoms. The van der Waals surface area contributed by atoms with Crippen LogP contribution in [-0.4, -0.2) is 21.8 Å². The molecule has 0 spiro atoms. The molecule has 0 aliphatic heterocycles. The van der Waals surface area contributed by atoms with Crippen LogP contribution in [0.4, 0.5) is 0 Å². The number of aryl methyl sites for hydroxylation is 2. The van der Waals surface area contributed by atoms with Gasteiger partial charge in [0.25, 0.3) is 0 Å². The molecule has 0 aliphatic rings. The van der Waals surface area contributed by atoms with Gasteiger partial charge in [-0.25, -0.2) is 10.0 Å². The van der Waals surface area contributed by atoms with Gasteiger partial charge in [-0.2, -0.15) is 0 Å². The smallest absolute Gasteiger partial charge is 0.0583 e. The van der Waals surface area contributed by atoms with Gasteiger partial charge in [0, 0.05) is 12.4 Å². The quantitative estimate of drug-likeness (QED) is 0.753. The zero-order chi connectivity index (χ0) is 13.3. The highest BCUT2D eigenvalue weighted by Crippen LogP contribution is 2.56. The number of para-hydroxylation sites is 1. The van der Waals surface area contributed by atoms with E-state index in [1.165, 1.54) is 33.7 Å². The normalized spacial score (nSPS) is 13.2. The Kier molecular flexibility index (Phi) is 3.76. The van der Waals surface area contributed by atoms with E-state index in [4.69, 9.17) is 0 Å². The van der Waals surface area contributed by atoms with Crippen LogP contribution < -0.4 is 0 Å². The fraction of sp³-hybridized carbons (Fsp3) is 0.500. The number of hydrogen-bond donors (Lipinski definition) is 0. The van der Waals surface area contributed by atoms with Crippen molar-refractivity contribution in [2.24, 2.45) is 7.05 Å². The molecule has 100 valence electrons. The zero-order valence-corrected chi connectivity index (χ0v) is 13.1. The van der Waals surface area contributed by atoms with Gasteiger partial charge in [0.15, 0.2) is 0 Å². The van der Waals surface area contributed by atoms with Gasteiger partial charge in [-0.3, -0.25) is 0 Å². The minimum Gasteiger partial charge on any atom is -0.340 e. The van der Waals surface area contributed by atoms with Crippen molar-refractivity contribution in [1.29, 1.82) is 0 Å². The van der Waals surface area contributed by atoms with E-state index in [0.29, 0.717) is 0 Å². The molecule has 0 amide bonds. The minimum absolute atomic E-state index is 0.635. The summed E-state index contributed by atoms with van der Waals surface area (Å²) in [5.41, 5.74) is 2.80. The van der Waals surface area contributed by atoms with Crippen molar-refractivity contribution in [1.82, 2.24) is 4.57 Å². The van der Waals surface area contributed by atoms with Crippen molar-refractivity contribution in [3.8, 4) is 0 Å². The van der Waals surface area contributed by atoms with Crippen molar-refractivity contribution < 1.29 is 0 Å². The average molecular weight is 263 g/mol. The molecule has 0 fully saturated rings. The lowest BCUT2D eigenvalue weighted by atomic mass is 10.2. The van der Waals surface area contributed by atoms with Crippen molar-refractivity contribution in [3.63, 3.8) is 0 Å². The highest BCUT2D eigenvalue weighted by molar-refractivity contribution is 8.33. The summed E-state index contributed by atoms with van der Waals surface area (Å²) >= 11 is 0. The molecule has 0 saturated carbocycles. The van der Waals surface area contributed by atoms with E-state index in [1.807, 2.05) is 0 Å². The largest absolute Gasteiger partial charge is 0.340 e. The third-order valence-corrected chi connectivity index (χ3v) is 8.91. The van der Waals surface area contributed by atoms with Gasteiger partial charge in [0.05, 0.1) is 10.5 Å². The maximum Gasteiger partial charge on any atom is 0.0583 e. The molecule has 0 saturated heterocycles. The number of nitrogens with zero attached hydrogens (tertiary/aromatic N) is 1. The van der Waals surface area contributed by atoms with Gasteiger partial charge >= 0.3 is 0 Å². The molecule has 0 radical (unpaired) electrons. The standard InChI is InChI=1S/C16H25NS/c1-6-18(7-2,8-3)15-12-14-11-9-10-13(4)16(14)17(15)5/h9-12H,6-8H2,1-5H3. The number of rotatable bonds is 4. The van der Waals surface area contributed by atoms with E-state index in [0.717, 1.165) is 0 Å². The fourth-order valence-electron chi connectivity index (χ4n) is 3.07. The summed E-state index contributed by atoms with van der Waals surface area (Å²) in [5, 5.41) is 2.99. The summed E-state index contributed by atoms with van der Waals surface area (Å²) in [4.78, 5) is 0. The maximum absolute atomic E-state index is 2.45. The van der Waals surface area contributed by atoms with E-state index in [-0.39, 0.29) is 0 Å². The third-order valence-electron chi connectivity index (χ3n) is 4.32. The Morgan fingerprint density at radius 1 is 1.06 bits per heavy atom. The number of fused-ring (bicyclic) bond motifs is 1.